The summed E-state index contributed by atoms with van der Waals surface area (Å²) in [5.41, 5.74) is -3.18. The molecule has 0 radical (unpaired) electrons. The largest absolute Gasteiger partial charge is 0.422 e. The highest BCUT2D eigenvalue weighted by Gasteiger charge is 2.56. The van der Waals surface area contributed by atoms with E-state index < -0.39 is 44.0 Å². The topological polar surface area (TPSA) is 59.3 Å². The number of rotatable bonds is 5. The second-order valence-corrected chi connectivity index (χ2v) is 5.12. The summed E-state index contributed by atoms with van der Waals surface area (Å²) in [6, 6.07) is 0.652. The highest BCUT2D eigenvalue weighted by Crippen LogP contribution is 2.60. The molecule has 0 heterocycles. The maximum Gasteiger partial charge on any atom is 0.422 e. The molecule has 116 valence electrons. The van der Waals surface area contributed by atoms with Crippen molar-refractivity contribution in [2.75, 3.05) is 13.2 Å². The molecule has 11 heteroatoms. The summed E-state index contributed by atoms with van der Waals surface area (Å²) < 4.78 is 95.7. The normalized spacial score (nSPS) is 12.9. The predicted octanol–water partition coefficient (Wildman–Crippen LogP) is 4.15. The number of hydrogen-bond acceptors (Lipinski definition) is 4. The van der Waals surface area contributed by atoms with Crippen LogP contribution in [0.15, 0.2) is 10.9 Å². The van der Waals surface area contributed by atoms with E-state index in [9.17, 15) is 30.9 Å². The van der Waals surface area contributed by atoms with E-state index in [1.165, 1.54) is 13.8 Å². The molecule has 0 aromatic rings. The van der Waals surface area contributed by atoms with Crippen molar-refractivity contribution >= 4 is 7.60 Å². The zero-order valence-electron chi connectivity index (χ0n) is 10.3. The second-order valence-electron chi connectivity index (χ2n) is 3.16. The van der Waals surface area contributed by atoms with Gasteiger partial charge in [0.25, 0.3) is 0 Å². The molecular weight excluding hydrogens is 315 g/mol. The van der Waals surface area contributed by atoms with Crippen LogP contribution >= 0.6 is 7.60 Å². The van der Waals surface area contributed by atoms with Crippen molar-refractivity contribution in [3.8, 4) is 6.07 Å². The average Bonchev–Trinajstić information content (AvgIpc) is 2.22. The fourth-order valence-electron chi connectivity index (χ4n) is 1.19. The molecule has 0 atom stereocenters. The lowest BCUT2D eigenvalue weighted by molar-refractivity contribution is -0.172. The molecule has 0 spiro atoms. The third-order valence-corrected chi connectivity index (χ3v) is 3.85. The van der Waals surface area contributed by atoms with Crippen LogP contribution in [0, 0.1) is 11.3 Å². The van der Waals surface area contributed by atoms with Crippen molar-refractivity contribution in [2.45, 2.75) is 26.2 Å². The fraction of sp³-hybridized carbons (Fsp3) is 0.667. The highest BCUT2D eigenvalue weighted by atomic mass is 31.2. The Kier molecular flexibility index (Phi) is 6.26. The molecule has 0 N–H and O–H groups in total. The van der Waals surface area contributed by atoms with Gasteiger partial charge in [-0.25, -0.2) is 0 Å². The van der Waals surface area contributed by atoms with Gasteiger partial charge in [0.2, 0.25) is 0 Å². The molecule has 0 amide bonds. The Morgan fingerprint density at radius 3 is 1.60 bits per heavy atom. The molecule has 0 unspecified atom stereocenters. The zero-order valence-corrected chi connectivity index (χ0v) is 11.2. The first-order chi connectivity index (χ1) is 8.94. The summed E-state index contributed by atoms with van der Waals surface area (Å²) in [6.07, 6.45) is -11.8. The van der Waals surface area contributed by atoms with Crippen LogP contribution in [-0.2, 0) is 13.6 Å². The first kappa shape index (κ1) is 19.0. The van der Waals surface area contributed by atoms with Crippen LogP contribution in [0.1, 0.15) is 13.8 Å². The van der Waals surface area contributed by atoms with Gasteiger partial charge in [-0.2, -0.15) is 31.6 Å². The van der Waals surface area contributed by atoms with Crippen molar-refractivity contribution in [2.24, 2.45) is 0 Å². The molecule has 0 aliphatic heterocycles. The van der Waals surface area contributed by atoms with Gasteiger partial charge in [-0.15, -0.1) is 0 Å². The summed E-state index contributed by atoms with van der Waals surface area (Å²) >= 11 is 0. The highest BCUT2D eigenvalue weighted by molar-refractivity contribution is 7.59. The molecule has 0 aromatic heterocycles. The number of hydrogen-bond donors (Lipinski definition) is 0. The van der Waals surface area contributed by atoms with Gasteiger partial charge < -0.3 is 9.05 Å². The molecule has 0 aliphatic rings. The summed E-state index contributed by atoms with van der Waals surface area (Å²) in [4.78, 5) is 0. The number of nitriles is 1. The molecule has 0 bridgehead atoms. The van der Waals surface area contributed by atoms with E-state index >= 15 is 0 Å². The number of allylic oxidation sites excluding steroid dienone is 2. The van der Waals surface area contributed by atoms with E-state index in [1.807, 2.05) is 0 Å². The standard InChI is InChI=1S/C9H10F6NO3P/c1-3-18-20(17,19-4-2)6(5-16)7(8(10,11)12)9(13,14)15/h3-4H2,1-2H3. The van der Waals surface area contributed by atoms with E-state index in [0.717, 1.165) is 0 Å². The van der Waals surface area contributed by atoms with Crippen molar-refractivity contribution in [3.63, 3.8) is 0 Å². The smallest absolute Gasteiger partial charge is 0.305 e. The van der Waals surface area contributed by atoms with E-state index in [-0.39, 0.29) is 0 Å². The van der Waals surface area contributed by atoms with Gasteiger partial charge in [-0.3, -0.25) is 4.57 Å². The van der Waals surface area contributed by atoms with Crippen molar-refractivity contribution in [1.82, 2.24) is 0 Å². The van der Waals surface area contributed by atoms with Crippen LogP contribution < -0.4 is 0 Å². The Morgan fingerprint density at radius 2 is 1.40 bits per heavy atom. The Labute approximate surface area is 110 Å². The number of nitrogens with zero attached hydrogens (tertiary/aromatic N) is 1. The second kappa shape index (κ2) is 6.61. The molecule has 4 nitrogen and oxygen atoms in total. The quantitative estimate of drug-likeness (QED) is 0.433. The van der Waals surface area contributed by atoms with Gasteiger partial charge in [-0.05, 0) is 13.8 Å². The van der Waals surface area contributed by atoms with Gasteiger partial charge in [0.05, 0.1) is 13.2 Å². The van der Waals surface area contributed by atoms with Gasteiger partial charge in [-0.1, -0.05) is 0 Å². The SMILES string of the molecule is CCOP(=O)(OCC)C(C#N)=C(C(F)(F)F)C(F)(F)F. The van der Waals surface area contributed by atoms with Crippen LogP contribution in [0.2, 0.25) is 0 Å². The van der Waals surface area contributed by atoms with E-state index in [4.69, 9.17) is 5.26 Å². The van der Waals surface area contributed by atoms with E-state index in [2.05, 4.69) is 9.05 Å². The molecule has 0 fully saturated rings. The maximum absolute atomic E-state index is 12.5. The Bertz CT molecular complexity index is 436. The van der Waals surface area contributed by atoms with Crippen LogP contribution in [0.5, 0.6) is 0 Å². The van der Waals surface area contributed by atoms with Gasteiger partial charge in [0.1, 0.15) is 6.07 Å². The lowest BCUT2D eigenvalue weighted by Crippen LogP contribution is -2.28. The summed E-state index contributed by atoms with van der Waals surface area (Å²) in [7, 11) is -5.00. The third-order valence-electron chi connectivity index (χ3n) is 1.78. The number of halogens is 6. The van der Waals surface area contributed by atoms with Crippen molar-refractivity contribution in [3.05, 3.63) is 10.9 Å². The van der Waals surface area contributed by atoms with Crippen LogP contribution in [0.25, 0.3) is 0 Å². The summed E-state index contributed by atoms with van der Waals surface area (Å²) in [5, 5.41) is 6.48. The minimum Gasteiger partial charge on any atom is -0.305 e. The lowest BCUT2D eigenvalue weighted by Gasteiger charge is -2.21. The maximum atomic E-state index is 12.5. The Hall–Kier alpha value is -1.04. The molecule has 0 aromatic carbocycles. The minimum atomic E-state index is -5.92. The molecule has 0 saturated heterocycles. The van der Waals surface area contributed by atoms with Crippen molar-refractivity contribution < 1.29 is 40.0 Å². The lowest BCUT2D eigenvalue weighted by atomic mass is 10.2. The van der Waals surface area contributed by atoms with Gasteiger partial charge in [0.15, 0.2) is 10.9 Å². The Morgan fingerprint density at radius 1 is 1.05 bits per heavy atom. The van der Waals surface area contributed by atoms with Crippen LogP contribution in [0.4, 0.5) is 26.3 Å². The molecule has 0 rings (SSSR count). The molecular formula is C9H10F6NO3P. The third kappa shape index (κ3) is 4.51. The Balaban J connectivity index is 6.35. The fourth-order valence-corrected chi connectivity index (χ4v) is 2.85. The zero-order chi connectivity index (χ0) is 16.2. The monoisotopic (exact) mass is 325 g/mol. The van der Waals surface area contributed by atoms with Gasteiger partial charge in [0, 0.05) is 0 Å². The van der Waals surface area contributed by atoms with Gasteiger partial charge >= 0.3 is 19.9 Å². The van der Waals surface area contributed by atoms with E-state index in [0.29, 0.717) is 6.07 Å². The average molecular weight is 325 g/mol. The first-order valence-corrected chi connectivity index (χ1v) is 6.66. The predicted molar refractivity (Wildman–Crippen MR) is 55.6 cm³/mol. The number of alkyl halides is 6. The van der Waals surface area contributed by atoms with E-state index in [1.54, 1.807) is 0 Å². The van der Waals surface area contributed by atoms with Crippen LogP contribution in [-0.4, -0.2) is 25.6 Å². The van der Waals surface area contributed by atoms with Crippen molar-refractivity contribution in [1.29, 1.82) is 5.26 Å². The first-order valence-electron chi connectivity index (χ1n) is 5.12. The molecule has 0 aliphatic carbocycles. The summed E-state index contributed by atoms with van der Waals surface area (Å²) in [6.45, 7) is 1.37. The molecule has 0 saturated carbocycles. The minimum absolute atomic E-state index is 0.495. The van der Waals surface area contributed by atoms with Crippen LogP contribution in [0.3, 0.4) is 0 Å². The summed E-state index contributed by atoms with van der Waals surface area (Å²) in [5.74, 6) is 0. The molecule has 20 heavy (non-hydrogen) atoms.